The Bertz CT molecular complexity index is 858. The summed E-state index contributed by atoms with van der Waals surface area (Å²) in [5, 5.41) is 13.7. The number of rotatable bonds is 4. The Morgan fingerprint density at radius 1 is 1.00 bits per heavy atom. The van der Waals surface area contributed by atoms with Gasteiger partial charge in [-0.2, -0.15) is 5.10 Å². The van der Waals surface area contributed by atoms with Gasteiger partial charge in [-0.05, 0) is 43.7 Å². The van der Waals surface area contributed by atoms with Crippen LogP contribution in [0.2, 0.25) is 0 Å². The molecule has 1 aromatic heterocycles. The summed E-state index contributed by atoms with van der Waals surface area (Å²) in [5.74, 6) is 1.54. The third-order valence-corrected chi connectivity index (χ3v) is 3.51. The molecule has 0 radical (unpaired) electrons. The van der Waals surface area contributed by atoms with Gasteiger partial charge in [-0.3, -0.25) is 5.43 Å². The molecule has 3 rings (SSSR count). The van der Waals surface area contributed by atoms with Gasteiger partial charge in [-0.1, -0.05) is 30.3 Å². The average molecular weight is 318 g/mol. The van der Waals surface area contributed by atoms with Crippen molar-refractivity contribution in [1.82, 2.24) is 9.97 Å². The van der Waals surface area contributed by atoms with E-state index in [1.54, 1.807) is 12.1 Å². The molecule has 0 aliphatic carbocycles. The first-order valence-electron chi connectivity index (χ1n) is 7.62. The standard InChI is InChI=1S/C19H18N4O/c1-13-12-18(21-19(20-13)16-6-4-3-5-7-16)23-22-14(2)15-8-10-17(24)11-9-15/h3-12,24H,1-2H3,(H,20,21,23)/b22-14-. The van der Waals surface area contributed by atoms with E-state index >= 15 is 0 Å². The van der Waals surface area contributed by atoms with Crippen LogP contribution >= 0.6 is 0 Å². The van der Waals surface area contributed by atoms with E-state index in [9.17, 15) is 5.11 Å². The van der Waals surface area contributed by atoms with Crippen LogP contribution in [0.15, 0.2) is 65.8 Å². The molecule has 2 aromatic carbocycles. The molecule has 3 aromatic rings. The highest BCUT2D eigenvalue weighted by molar-refractivity contribution is 5.99. The van der Waals surface area contributed by atoms with Crippen LogP contribution in [-0.2, 0) is 0 Å². The molecule has 0 saturated heterocycles. The lowest BCUT2D eigenvalue weighted by Gasteiger charge is -2.07. The van der Waals surface area contributed by atoms with Gasteiger partial charge in [-0.15, -0.1) is 0 Å². The number of aryl methyl sites for hydroxylation is 1. The third-order valence-electron chi connectivity index (χ3n) is 3.51. The van der Waals surface area contributed by atoms with Crippen LogP contribution in [0.3, 0.4) is 0 Å². The first kappa shape index (κ1) is 15.7. The molecular weight excluding hydrogens is 300 g/mol. The number of aromatic nitrogens is 2. The van der Waals surface area contributed by atoms with Crippen LogP contribution in [-0.4, -0.2) is 20.8 Å². The number of nitrogens with zero attached hydrogens (tertiary/aromatic N) is 3. The predicted octanol–water partition coefficient (Wildman–Crippen LogP) is 3.99. The molecule has 5 heteroatoms. The summed E-state index contributed by atoms with van der Waals surface area (Å²) in [4.78, 5) is 8.99. The smallest absolute Gasteiger partial charge is 0.161 e. The van der Waals surface area contributed by atoms with Crippen LogP contribution in [0.5, 0.6) is 5.75 Å². The van der Waals surface area contributed by atoms with Crippen molar-refractivity contribution in [2.75, 3.05) is 5.43 Å². The van der Waals surface area contributed by atoms with Crippen molar-refractivity contribution in [3.8, 4) is 17.1 Å². The SMILES string of the molecule is C/C(=N/Nc1cc(C)nc(-c2ccccc2)n1)c1ccc(O)cc1. The molecule has 120 valence electrons. The van der Waals surface area contributed by atoms with Crippen molar-refractivity contribution in [3.05, 3.63) is 71.9 Å². The van der Waals surface area contributed by atoms with Crippen LogP contribution in [0.1, 0.15) is 18.2 Å². The largest absolute Gasteiger partial charge is 0.508 e. The second kappa shape index (κ2) is 6.91. The molecule has 0 unspecified atom stereocenters. The maximum atomic E-state index is 9.34. The molecule has 1 heterocycles. The normalized spacial score (nSPS) is 11.3. The second-order valence-electron chi connectivity index (χ2n) is 5.44. The first-order valence-corrected chi connectivity index (χ1v) is 7.62. The highest BCUT2D eigenvalue weighted by Crippen LogP contribution is 2.17. The van der Waals surface area contributed by atoms with Gasteiger partial charge in [0.05, 0.1) is 5.71 Å². The van der Waals surface area contributed by atoms with E-state index in [0.717, 1.165) is 22.5 Å². The van der Waals surface area contributed by atoms with Gasteiger partial charge in [0, 0.05) is 17.3 Å². The molecule has 0 atom stereocenters. The molecule has 24 heavy (non-hydrogen) atoms. The van der Waals surface area contributed by atoms with E-state index < -0.39 is 0 Å². The zero-order valence-electron chi connectivity index (χ0n) is 13.6. The third kappa shape index (κ3) is 3.76. The molecule has 0 spiro atoms. The summed E-state index contributed by atoms with van der Waals surface area (Å²) in [6, 6.07) is 18.6. The molecule has 2 N–H and O–H groups in total. The van der Waals surface area contributed by atoms with Crippen LogP contribution in [0.4, 0.5) is 5.82 Å². The molecule has 0 fully saturated rings. The number of phenolic OH excluding ortho intramolecular Hbond substituents is 1. The minimum Gasteiger partial charge on any atom is -0.508 e. The van der Waals surface area contributed by atoms with E-state index in [1.165, 1.54) is 0 Å². The minimum atomic E-state index is 0.235. The van der Waals surface area contributed by atoms with E-state index in [2.05, 4.69) is 20.5 Å². The molecule has 0 bridgehead atoms. The van der Waals surface area contributed by atoms with Crippen LogP contribution in [0.25, 0.3) is 11.4 Å². The molecule has 0 saturated carbocycles. The Kier molecular flexibility index (Phi) is 4.52. The quantitative estimate of drug-likeness (QED) is 0.563. The van der Waals surface area contributed by atoms with Gasteiger partial charge >= 0.3 is 0 Å². The van der Waals surface area contributed by atoms with Crippen molar-refractivity contribution in [2.45, 2.75) is 13.8 Å². The van der Waals surface area contributed by atoms with Gasteiger partial charge in [0.15, 0.2) is 11.6 Å². The fraction of sp³-hybridized carbons (Fsp3) is 0.105. The average Bonchev–Trinajstić information content (AvgIpc) is 2.60. The van der Waals surface area contributed by atoms with Gasteiger partial charge in [0.2, 0.25) is 0 Å². The lowest BCUT2D eigenvalue weighted by molar-refractivity contribution is 0.475. The van der Waals surface area contributed by atoms with Crippen molar-refractivity contribution >= 4 is 11.5 Å². The molecular formula is C19H18N4O. The maximum Gasteiger partial charge on any atom is 0.161 e. The lowest BCUT2D eigenvalue weighted by atomic mass is 10.1. The number of anilines is 1. The summed E-state index contributed by atoms with van der Waals surface area (Å²) in [6.45, 7) is 3.82. The van der Waals surface area contributed by atoms with Gasteiger partial charge in [-0.25, -0.2) is 9.97 Å². The number of benzene rings is 2. The van der Waals surface area contributed by atoms with E-state index in [-0.39, 0.29) is 5.75 Å². The van der Waals surface area contributed by atoms with E-state index in [0.29, 0.717) is 11.6 Å². The Labute approximate surface area is 140 Å². The zero-order chi connectivity index (χ0) is 16.9. The van der Waals surface area contributed by atoms with Crippen LogP contribution in [0, 0.1) is 6.92 Å². The molecule has 0 amide bonds. The Morgan fingerprint density at radius 2 is 1.71 bits per heavy atom. The lowest BCUT2D eigenvalue weighted by Crippen LogP contribution is -2.02. The highest BCUT2D eigenvalue weighted by atomic mass is 16.3. The summed E-state index contributed by atoms with van der Waals surface area (Å²) in [7, 11) is 0. The predicted molar refractivity (Wildman–Crippen MR) is 96.1 cm³/mol. The number of aromatic hydroxyl groups is 1. The van der Waals surface area contributed by atoms with Crippen molar-refractivity contribution in [3.63, 3.8) is 0 Å². The van der Waals surface area contributed by atoms with Crippen LogP contribution < -0.4 is 5.43 Å². The summed E-state index contributed by atoms with van der Waals surface area (Å²) >= 11 is 0. The van der Waals surface area contributed by atoms with Gasteiger partial charge in [0.25, 0.3) is 0 Å². The first-order chi connectivity index (χ1) is 11.6. The molecule has 0 aliphatic rings. The number of hydrazone groups is 1. The highest BCUT2D eigenvalue weighted by Gasteiger charge is 2.05. The molecule has 0 aliphatic heterocycles. The summed E-state index contributed by atoms with van der Waals surface area (Å²) < 4.78 is 0. The van der Waals surface area contributed by atoms with Crippen molar-refractivity contribution in [1.29, 1.82) is 0 Å². The Hall–Kier alpha value is -3.21. The van der Waals surface area contributed by atoms with Gasteiger partial charge in [0.1, 0.15) is 5.75 Å². The monoisotopic (exact) mass is 318 g/mol. The van der Waals surface area contributed by atoms with Crippen molar-refractivity contribution in [2.24, 2.45) is 5.10 Å². The Morgan fingerprint density at radius 3 is 2.42 bits per heavy atom. The second-order valence-corrected chi connectivity index (χ2v) is 5.44. The fourth-order valence-corrected chi connectivity index (χ4v) is 2.25. The topological polar surface area (TPSA) is 70.4 Å². The zero-order valence-corrected chi connectivity index (χ0v) is 13.6. The van der Waals surface area contributed by atoms with E-state index in [1.807, 2.05) is 62.4 Å². The maximum absolute atomic E-state index is 9.34. The summed E-state index contributed by atoms with van der Waals surface area (Å²) in [5.41, 5.74) is 6.53. The molecule has 5 nitrogen and oxygen atoms in total. The van der Waals surface area contributed by atoms with Crippen molar-refractivity contribution < 1.29 is 5.11 Å². The number of nitrogens with one attached hydrogen (secondary N) is 1. The minimum absolute atomic E-state index is 0.235. The van der Waals surface area contributed by atoms with E-state index in [4.69, 9.17) is 0 Å². The Balaban J connectivity index is 1.84. The summed E-state index contributed by atoms with van der Waals surface area (Å²) in [6.07, 6.45) is 0. The number of hydrogen-bond donors (Lipinski definition) is 2. The number of phenols is 1. The van der Waals surface area contributed by atoms with Gasteiger partial charge < -0.3 is 5.11 Å². The fourth-order valence-electron chi connectivity index (χ4n) is 2.25. The number of hydrogen-bond acceptors (Lipinski definition) is 5.